The van der Waals surface area contributed by atoms with Crippen LogP contribution in [0.25, 0.3) is 0 Å². The van der Waals surface area contributed by atoms with Crippen LogP contribution >= 0.6 is 34.8 Å². The zero-order chi connectivity index (χ0) is 24.2. The zero-order valence-corrected chi connectivity index (χ0v) is 21.1. The Hall–Kier alpha value is -3.10. The fraction of sp³-hybridized carbons (Fsp3) is 0.0645. The molecule has 0 spiro atoms. The summed E-state index contributed by atoms with van der Waals surface area (Å²) in [6.45, 7) is 0. The molecule has 2 unspecified atom stereocenters. The second-order valence-electron chi connectivity index (χ2n) is 8.44. The Labute approximate surface area is 221 Å². The summed E-state index contributed by atoms with van der Waals surface area (Å²) >= 11 is 19.2. The van der Waals surface area contributed by atoms with Gasteiger partial charge in [-0.05, 0) is 58.1 Å². The minimum atomic E-state index is -0.0879. The van der Waals surface area contributed by atoms with Gasteiger partial charge < -0.3 is 0 Å². The van der Waals surface area contributed by atoms with E-state index in [4.69, 9.17) is 34.8 Å². The van der Waals surface area contributed by atoms with Gasteiger partial charge in [-0.25, -0.2) is 4.98 Å². The van der Waals surface area contributed by atoms with E-state index in [1.807, 2.05) is 54.7 Å². The Balaban J connectivity index is 1.69. The van der Waals surface area contributed by atoms with Gasteiger partial charge >= 0.3 is 0 Å². The van der Waals surface area contributed by atoms with Crippen molar-refractivity contribution in [1.82, 2.24) is 4.98 Å². The van der Waals surface area contributed by atoms with Crippen molar-refractivity contribution >= 4 is 34.8 Å². The topological polar surface area (TPSA) is 12.9 Å². The molecule has 0 N–H and O–H groups in total. The van der Waals surface area contributed by atoms with Crippen molar-refractivity contribution in [1.29, 1.82) is 0 Å². The highest BCUT2D eigenvalue weighted by Gasteiger charge is 2.24. The van der Waals surface area contributed by atoms with Gasteiger partial charge in [0, 0.05) is 33.6 Å². The fourth-order valence-electron chi connectivity index (χ4n) is 4.57. The van der Waals surface area contributed by atoms with E-state index in [-0.39, 0.29) is 11.8 Å². The van der Waals surface area contributed by atoms with Crippen molar-refractivity contribution in [3.8, 4) is 0 Å². The van der Waals surface area contributed by atoms with E-state index < -0.39 is 0 Å². The SMILES string of the molecule is Clc1ccc(C(c2ccccc2)c2cnc(Cl)c(C(c3ccccc3)c3ccc(Cl)cc3)c2)cc1. The highest BCUT2D eigenvalue weighted by atomic mass is 35.5. The quantitative estimate of drug-likeness (QED) is 0.206. The van der Waals surface area contributed by atoms with E-state index in [1.54, 1.807) is 0 Å². The van der Waals surface area contributed by atoms with Gasteiger partial charge in [0.2, 0.25) is 0 Å². The molecule has 0 bridgehead atoms. The summed E-state index contributed by atoms with van der Waals surface area (Å²) in [6, 6.07) is 38.9. The molecule has 0 fully saturated rings. The number of halogens is 3. The number of nitrogens with zero attached hydrogens (tertiary/aromatic N) is 1. The van der Waals surface area contributed by atoms with Gasteiger partial charge in [0.05, 0.1) is 0 Å². The Morgan fingerprint density at radius 2 is 0.886 bits per heavy atom. The molecule has 2 atom stereocenters. The van der Waals surface area contributed by atoms with Crippen LogP contribution in [-0.2, 0) is 0 Å². The molecule has 0 saturated carbocycles. The molecule has 1 aromatic heterocycles. The maximum Gasteiger partial charge on any atom is 0.133 e. The second-order valence-corrected chi connectivity index (χ2v) is 9.67. The molecule has 0 aliphatic rings. The lowest BCUT2D eigenvalue weighted by Crippen LogP contribution is -2.09. The number of benzene rings is 4. The van der Waals surface area contributed by atoms with Gasteiger partial charge in [-0.1, -0.05) is 120 Å². The monoisotopic (exact) mass is 513 g/mol. The zero-order valence-electron chi connectivity index (χ0n) is 18.8. The maximum absolute atomic E-state index is 6.78. The summed E-state index contributed by atoms with van der Waals surface area (Å²) in [5.41, 5.74) is 6.56. The Bertz CT molecular complexity index is 1400. The highest BCUT2D eigenvalue weighted by molar-refractivity contribution is 6.31. The first-order valence-corrected chi connectivity index (χ1v) is 12.5. The third-order valence-electron chi connectivity index (χ3n) is 6.20. The first-order chi connectivity index (χ1) is 17.1. The van der Waals surface area contributed by atoms with Crippen LogP contribution < -0.4 is 0 Å². The molecule has 1 heterocycles. The lowest BCUT2D eigenvalue weighted by molar-refractivity contribution is 0.919. The normalized spacial score (nSPS) is 12.8. The van der Waals surface area contributed by atoms with Crippen LogP contribution in [0.5, 0.6) is 0 Å². The van der Waals surface area contributed by atoms with Crippen LogP contribution in [0.1, 0.15) is 45.2 Å². The molecule has 0 amide bonds. The first kappa shape index (κ1) is 23.6. The predicted octanol–water partition coefficient (Wildman–Crippen LogP) is 9.40. The Morgan fingerprint density at radius 3 is 1.40 bits per heavy atom. The van der Waals surface area contributed by atoms with Crippen LogP contribution in [0, 0.1) is 0 Å². The predicted molar refractivity (Wildman–Crippen MR) is 147 cm³/mol. The van der Waals surface area contributed by atoms with Crippen molar-refractivity contribution in [2.75, 3.05) is 0 Å². The average Bonchev–Trinajstić information content (AvgIpc) is 2.89. The molecule has 172 valence electrons. The lowest BCUT2D eigenvalue weighted by Gasteiger charge is -2.23. The van der Waals surface area contributed by atoms with Crippen LogP contribution in [0.15, 0.2) is 121 Å². The molecule has 4 aromatic carbocycles. The summed E-state index contributed by atoms with van der Waals surface area (Å²) < 4.78 is 0. The average molecular weight is 515 g/mol. The lowest BCUT2D eigenvalue weighted by atomic mass is 9.82. The Morgan fingerprint density at radius 1 is 0.457 bits per heavy atom. The smallest absolute Gasteiger partial charge is 0.133 e. The van der Waals surface area contributed by atoms with Crippen molar-refractivity contribution < 1.29 is 0 Å². The molecule has 0 radical (unpaired) electrons. The van der Waals surface area contributed by atoms with E-state index in [0.717, 1.165) is 27.8 Å². The van der Waals surface area contributed by atoms with Crippen LogP contribution in [0.3, 0.4) is 0 Å². The third kappa shape index (κ3) is 5.28. The summed E-state index contributed by atoms with van der Waals surface area (Å²) in [5, 5.41) is 1.90. The number of rotatable bonds is 6. The molecule has 0 saturated heterocycles. The minimum absolute atomic E-state index is 0.0152. The van der Waals surface area contributed by atoms with E-state index in [1.165, 1.54) is 5.56 Å². The summed E-state index contributed by atoms with van der Waals surface area (Å²) in [4.78, 5) is 4.67. The third-order valence-corrected chi connectivity index (χ3v) is 7.02. The van der Waals surface area contributed by atoms with Crippen molar-refractivity contribution in [3.05, 3.63) is 170 Å². The standard InChI is InChI=1S/C31H22Cl3N/c32-26-15-11-23(12-16-26)29(21-7-3-1-4-8-21)25-19-28(31(34)35-20-25)30(22-9-5-2-6-10-22)24-13-17-27(33)18-14-24/h1-20,29-30H. The minimum Gasteiger partial charge on any atom is -0.244 e. The molecule has 5 rings (SSSR count). The number of hydrogen-bond donors (Lipinski definition) is 0. The van der Waals surface area contributed by atoms with E-state index in [0.29, 0.717) is 15.2 Å². The highest BCUT2D eigenvalue weighted by Crippen LogP contribution is 2.39. The van der Waals surface area contributed by atoms with Gasteiger partial charge in [-0.2, -0.15) is 0 Å². The fourth-order valence-corrected chi connectivity index (χ4v) is 5.04. The van der Waals surface area contributed by atoms with Gasteiger partial charge in [0.1, 0.15) is 5.15 Å². The molecule has 35 heavy (non-hydrogen) atoms. The molecule has 4 heteroatoms. The van der Waals surface area contributed by atoms with Crippen LogP contribution in [0.2, 0.25) is 15.2 Å². The largest absolute Gasteiger partial charge is 0.244 e. The van der Waals surface area contributed by atoms with Crippen molar-refractivity contribution in [2.45, 2.75) is 11.8 Å². The van der Waals surface area contributed by atoms with Crippen LogP contribution in [0.4, 0.5) is 0 Å². The maximum atomic E-state index is 6.78. The van der Waals surface area contributed by atoms with Gasteiger partial charge in [-0.15, -0.1) is 0 Å². The number of hydrogen-bond acceptors (Lipinski definition) is 1. The van der Waals surface area contributed by atoms with Gasteiger partial charge in [-0.3, -0.25) is 0 Å². The van der Waals surface area contributed by atoms with E-state index >= 15 is 0 Å². The molecular formula is C31H22Cl3N. The van der Waals surface area contributed by atoms with Gasteiger partial charge in [0.25, 0.3) is 0 Å². The summed E-state index contributed by atoms with van der Waals surface area (Å²) in [5.74, 6) is -0.103. The van der Waals surface area contributed by atoms with Gasteiger partial charge in [0.15, 0.2) is 0 Å². The second kappa shape index (κ2) is 10.7. The molecule has 0 aliphatic heterocycles. The van der Waals surface area contributed by atoms with Crippen molar-refractivity contribution in [2.24, 2.45) is 0 Å². The summed E-state index contributed by atoms with van der Waals surface area (Å²) in [6.07, 6.45) is 1.88. The molecule has 5 aromatic rings. The van der Waals surface area contributed by atoms with Crippen LogP contribution in [-0.4, -0.2) is 4.98 Å². The molecule has 0 aliphatic carbocycles. The van der Waals surface area contributed by atoms with E-state index in [9.17, 15) is 0 Å². The first-order valence-electron chi connectivity index (χ1n) is 11.4. The molecular weight excluding hydrogens is 493 g/mol. The number of aromatic nitrogens is 1. The Kier molecular flexibility index (Phi) is 7.20. The van der Waals surface area contributed by atoms with E-state index in [2.05, 4.69) is 71.7 Å². The molecule has 1 nitrogen and oxygen atoms in total. The number of pyridine rings is 1. The van der Waals surface area contributed by atoms with Crippen molar-refractivity contribution in [3.63, 3.8) is 0 Å². The summed E-state index contributed by atoms with van der Waals surface area (Å²) in [7, 11) is 0.